The van der Waals surface area contributed by atoms with E-state index in [1.165, 1.54) is 0 Å². The Morgan fingerprint density at radius 3 is 2.85 bits per heavy atom. The van der Waals surface area contributed by atoms with Gasteiger partial charge in [0, 0.05) is 35.9 Å². The number of rotatable bonds is 8. The van der Waals surface area contributed by atoms with Crippen LogP contribution in [0.3, 0.4) is 0 Å². The van der Waals surface area contributed by atoms with E-state index >= 15 is 0 Å². The second-order valence-electron chi connectivity index (χ2n) is 4.36. The van der Waals surface area contributed by atoms with E-state index in [1.54, 1.807) is 6.26 Å². The summed E-state index contributed by atoms with van der Waals surface area (Å²) in [5.74, 6) is -0.0167. The number of anilines is 1. The number of amides is 1. The number of carbonyl (C=O) groups is 1. The molecule has 0 spiro atoms. The summed E-state index contributed by atoms with van der Waals surface area (Å²) in [6, 6.07) is 1.16. The molecule has 0 aliphatic rings. The van der Waals surface area contributed by atoms with Gasteiger partial charge in [0.1, 0.15) is 11.6 Å². The molecule has 0 aliphatic heterocycles. The van der Waals surface area contributed by atoms with Crippen molar-refractivity contribution in [2.24, 2.45) is 0 Å². The molecule has 5 nitrogen and oxygen atoms in total. The summed E-state index contributed by atoms with van der Waals surface area (Å²) in [6.45, 7) is 3.05. The normalized spacial score (nSPS) is 11.9. The van der Waals surface area contributed by atoms with E-state index in [0.717, 1.165) is 18.7 Å². The molecule has 0 fully saturated rings. The van der Waals surface area contributed by atoms with Crippen LogP contribution < -0.4 is 10.6 Å². The molecule has 1 heterocycles. The van der Waals surface area contributed by atoms with E-state index in [0.29, 0.717) is 31.1 Å². The predicted octanol–water partition coefficient (Wildman–Crippen LogP) is 1.54. The molecule has 1 aromatic rings. The Morgan fingerprint density at radius 1 is 1.45 bits per heavy atom. The van der Waals surface area contributed by atoms with Gasteiger partial charge in [0.25, 0.3) is 5.91 Å². The SMILES string of the molecule is CCCNc1ncc(F)cc1C(=O)NCCCS(C)=O. The molecule has 0 aliphatic carbocycles. The highest BCUT2D eigenvalue weighted by molar-refractivity contribution is 7.84. The maximum atomic E-state index is 13.2. The number of hydrogen-bond donors (Lipinski definition) is 2. The number of pyridine rings is 1. The third-order valence-corrected chi connectivity index (χ3v) is 3.40. The van der Waals surface area contributed by atoms with E-state index < -0.39 is 16.6 Å². The number of aromatic nitrogens is 1. The Morgan fingerprint density at radius 2 is 2.20 bits per heavy atom. The quantitative estimate of drug-likeness (QED) is 0.715. The monoisotopic (exact) mass is 301 g/mol. The van der Waals surface area contributed by atoms with Gasteiger partial charge in [-0.2, -0.15) is 0 Å². The summed E-state index contributed by atoms with van der Waals surface area (Å²) in [5.41, 5.74) is 0.191. The molecular formula is C13H20FN3O2S. The van der Waals surface area contributed by atoms with Crippen LogP contribution in [0.1, 0.15) is 30.1 Å². The summed E-state index contributed by atoms with van der Waals surface area (Å²) in [4.78, 5) is 15.9. The minimum atomic E-state index is -0.873. The van der Waals surface area contributed by atoms with Crippen molar-refractivity contribution in [2.75, 3.05) is 30.4 Å². The number of nitrogens with one attached hydrogen (secondary N) is 2. The van der Waals surface area contributed by atoms with Crippen molar-refractivity contribution in [1.29, 1.82) is 0 Å². The highest BCUT2D eigenvalue weighted by Gasteiger charge is 2.13. The lowest BCUT2D eigenvalue weighted by Crippen LogP contribution is -2.27. The van der Waals surface area contributed by atoms with Crippen LogP contribution >= 0.6 is 0 Å². The van der Waals surface area contributed by atoms with Crippen molar-refractivity contribution in [1.82, 2.24) is 10.3 Å². The number of nitrogens with zero attached hydrogens (tertiary/aromatic N) is 1. The van der Waals surface area contributed by atoms with Crippen molar-refractivity contribution >= 4 is 22.5 Å². The molecule has 0 bridgehead atoms. The predicted molar refractivity (Wildman–Crippen MR) is 78.9 cm³/mol. The van der Waals surface area contributed by atoms with Gasteiger partial charge in [-0.3, -0.25) is 9.00 Å². The topological polar surface area (TPSA) is 71.1 Å². The standard InChI is InChI=1S/C13H20FN3O2S/c1-3-5-15-12-11(8-10(14)9-17-12)13(18)16-6-4-7-20(2)19/h8-9H,3-7H2,1-2H3,(H,15,17)(H,16,18). The zero-order chi connectivity index (χ0) is 15.0. The van der Waals surface area contributed by atoms with Gasteiger partial charge in [-0.25, -0.2) is 9.37 Å². The Kier molecular flexibility index (Phi) is 7.14. The number of hydrogen-bond acceptors (Lipinski definition) is 4. The Balaban J connectivity index is 2.65. The second kappa shape index (κ2) is 8.63. The highest BCUT2D eigenvalue weighted by Crippen LogP contribution is 2.13. The average Bonchev–Trinajstić information content (AvgIpc) is 2.41. The number of halogens is 1. The van der Waals surface area contributed by atoms with Crippen molar-refractivity contribution in [3.8, 4) is 0 Å². The van der Waals surface area contributed by atoms with Gasteiger partial charge >= 0.3 is 0 Å². The van der Waals surface area contributed by atoms with Gasteiger partial charge < -0.3 is 10.6 Å². The van der Waals surface area contributed by atoms with E-state index in [2.05, 4.69) is 15.6 Å². The molecule has 1 aromatic heterocycles. The zero-order valence-corrected chi connectivity index (χ0v) is 12.6. The minimum Gasteiger partial charge on any atom is -0.369 e. The van der Waals surface area contributed by atoms with Crippen molar-refractivity contribution in [3.63, 3.8) is 0 Å². The van der Waals surface area contributed by atoms with Crippen LogP contribution in [-0.4, -0.2) is 40.2 Å². The fourth-order valence-corrected chi connectivity index (χ4v) is 2.12. The fraction of sp³-hybridized carbons (Fsp3) is 0.538. The third-order valence-electron chi connectivity index (χ3n) is 2.54. The van der Waals surface area contributed by atoms with Gasteiger partial charge in [-0.05, 0) is 18.9 Å². The molecule has 1 atom stereocenters. The van der Waals surface area contributed by atoms with Crippen molar-refractivity contribution in [3.05, 3.63) is 23.6 Å². The van der Waals surface area contributed by atoms with Gasteiger partial charge in [0.2, 0.25) is 0 Å². The molecule has 1 amide bonds. The summed E-state index contributed by atoms with van der Waals surface area (Å²) in [7, 11) is -0.873. The van der Waals surface area contributed by atoms with Crippen LogP contribution in [0.4, 0.5) is 10.2 Å². The Hall–Kier alpha value is -1.50. The first-order chi connectivity index (χ1) is 9.54. The first kappa shape index (κ1) is 16.6. The summed E-state index contributed by atoms with van der Waals surface area (Å²) in [5, 5.41) is 5.67. The van der Waals surface area contributed by atoms with Crippen molar-refractivity contribution < 1.29 is 13.4 Å². The fourth-order valence-electron chi connectivity index (χ4n) is 1.57. The third kappa shape index (κ3) is 5.64. The first-order valence-corrected chi connectivity index (χ1v) is 8.25. The summed E-state index contributed by atoms with van der Waals surface area (Å²) < 4.78 is 24.1. The first-order valence-electron chi connectivity index (χ1n) is 6.52. The van der Waals surface area contributed by atoms with E-state index in [-0.39, 0.29) is 11.5 Å². The molecule has 0 saturated heterocycles. The molecule has 2 N–H and O–H groups in total. The zero-order valence-electron chi connectivity index (χ0n) is 11.7. The molecular weight excluding hydrogens is 281 g/mol. The molecule has 7 heteroatoms. The van der Waals surface area contributed by atoms with Crippen molar-refractivity contribution in [2.45, 2.75) is 19.8 Å². The molecule has 0 saturated carbocycles. The van der Waals surface area contributed by atoms with Gasteiger partial charge in [-0.1, -0.05) is 6.92 Å². The minimum absolute atomic E-state index is 0.191. The van der Waals surface area contributed by atoms with E-state index in [1.807, 2.05) is 6.92 Å². The average molecular weight is 301 g/mol. The lowest BCUT2D eigenvalue weighted by molar-refractivity contribution is 0.0953. The Bertz CT molecular complexity index is 483. The van der Waals surface area contributed by atoms with Gasteiger partial charge in [0.05, 0.1) is 11.8 Å². The molecule has 1 rings (SSSR count). The maximum absolute atomic E-state index is 13.2. The van der Waals surface area contributed by atoms with Crippen LogP contribution in [0.5, 0.6) is 0 Å². The van der Waals surface area contributed by atoms with Gasteiger partial charge in [0.15, 0.2) is 0 Å². The van der Waals surface area contributed by atoms with Gasteiger partial charge in [-0.15, -0.1) is 0 Å². The van der Waals surface area contributed by atoms with E-state index in [4.69, 9.17) is 0 Å². The molecule has 112 valence electrons. The molecule has 20 heavy (non-hydrogen) atoms. The second-order valence-corrected chi connectivity index (χ2v) is 5.92. The van der Waals surface area contributed by atoms with Crippen LogP contribution in [-0.2, 0) is 10.8 Å². The van der Waals surface area contributed by atoms with Crippen LogP contribution in [0.2, 0.25) is 0 Å². The maximum Gasteiger partial charge on any atom is 0.255 e. The smallest absolute Gasteiger partial charge is 0.255 e. The highest BCUT2D eigenvalue weighted by atomic mass is 32.2. The Labute approximate surface area is 120 Å². The molecule has 1 unspecified atom stereocenters. The lowest BCUT2D eigenvalue weighted by Gasteiger charge is -2.10. The van der Waals surface area contributed by atoms with Crippen LogP contribution in [0, 0.1) is 5.82 Å². The largest absolute Gasteiger partial charge is 0.369 e. The summed E-state index contributed by atoms with van der Waals surface area (Å²) >= 11 is 0. The summed E-state index contributed by atoms with van der Waals surface area (Å²) in [6.07, 6.45) is 4.19. The molecule has 0 aromatic carbocycles. The lowest BCUT2D eigenvalue weighted by atomic mass is 10.2. The molecule has 0 radical (unpaired) electrons. The number of carbonyl (C=O) groups excluding carboxylic acids is 1. The van der Waals surface area contributed by atoms with Crippen LogP contribution in [0.25, 0.3) is 0 Å². The van der Waals surface area contributed by atoms with E-state index in [9.17, 15) is 13.4 Å². The van der Waals surface area contributed by atoms with Crippen LogP contribution in [0.15, 0.2) is 12.3 Å².